The molecule has 1 fully saturated rings. The molecule has 3 atom stereocenters. The lowest BCUT2D eigenvalue weighted by Crippen LogP contribution is -2.23. The van der Waals surface area contributed by atoms with E-state index in [1.807, 2.05) is 38.1 Å². The average Bonchev–Trinajstić information content (AvgIpc) is 2.76. The molecule has 1 aliphatic heterocycles. The summed E-state index contributed by atoms with van der Waals surface area (Å²) in [4.78, 5) is 12.0. The van der Waals surface area contributed by atoms with Gasteiger partial charge in [-0.15, -0.1) is 0 Å². The molecule has 1 aliphatic rings. The Bertz CT molecular complexity index is 414. The number of amides is 1. The number of benzene rings is 1. The number of carbonyl (C=O) groups excluding carboxylic acids is 1. The van der Waals surface area contributed by atoms with Gasteiger partial charge in [-0.25, -0.2) is 0 Å². The van der Waals surface area contributed by atoms with Gasteiger partial charge in [-0.2, -0.15) is 0 Å². The molecule has 1 heterocycles. The first-order chi connectivity index (χ1) is 8.56. The fourth-order valence-corrected chi connectivity index (χ4v) is 2.11. The van der Waals surface area contributed by atoms with Gasteiger partial charge in [0, 0.05) is 11.7 Å². The molecule has 0 saturated carbocycles. The Labute approximate surface area is 108 Å². The van der Waals surface area contributed by atoms with Crippen LogP contribution in [0.25, 0.3) is 0 Å². The van der Waals surface area contributed by atoms with Gasteiger partial charge < -0.3 is 15.8 Å². The Balaban J connectivity index is 1.95. The normalized spacial score (nSPS) is 24.8. The minimum atomic E-state index is -0.0342. The second kappa shape index (κ2) is 5.50. The van der Waals surface area contributed by atoms with Gasteiger partial charge in [0.15, 0.2) is 0 Å². The molecule has 1 aromatic carbocycles. The summed E-state index contributed by atoms with van der Waals surface area (Å²) in [5, 5.41) is 2.91. The molecule has 0 radical (unpaired) electrons. The number of hydrogen-bond acceptors (Lipinski definition) is 3. The van der Waals surface area contributed by atoms with Crippen molar-refractivity contribution in [1.29, 1.82) is 0 Å². The largest absolute Gasteiger partial charge is 0.378 e. The summed E-state index contributed by atoms with van der Waals surface area (Å²) in [7, 11) is 0. The maximum atomic E-state index is 12.0. The highest BCUT2D eigenvalue weighted by Gasteiger charge is 2.28. The van der Waals surface area contributed by atoms with Gasteiger partial charge in [-0.05, 0) is 38.0 Å². The number of rotatable bonds is 3. The number of nitrogens with two attached hydrogens (primary N) is 1. The van der Waals surface area contributed by atoms with E-state index < -0.39 is 0 Å². The first kappa shape index (κ1) is 13.1. The van der Waals surface area contributed by atoms with Crippen LogP contribution in [-0.2, 0) is 9.53 Å². The zero-order chi connectivity index (χ0) is 13.1. The topological polar surface area (TPSA) is 64.4 Å². The highest BCUT2D eigenvalue weighted by Crippen LogP contribution is 2.21. The Morgan fingerprint density at radius 3 is 2.61 bits per heavy atom. The van der Waals surface area contributed by atoms with Crippen LogP contribution in [0.4, 0.5) is 5.69 Å². The van der Waals surface area contributed by atoms with E-state index in [0.29, 0.717) is 6.61 Å². The highest BCUT2D eigenvalue weighted by atomic mass is 16.5. The quantitative estimate of drug-likeness (QED) is 0.860. The second-order valence-corrected chi connectivity index (χ2v) is 4.98. The van der Waals surface area contributed by atoms with E-state index in [0.717, 1.165) is 17.7 Å². The molecule has 4 heteroatoms. The molecule has 0 aliphatic carbocycles. The predicted molar refractivity (Wildman–Crippen MR) is 71.2 cm³/mol. The van der Waals surface area contributed by atoms with Gasteiger partial charge in [0.2, 0.25) is 5.91 Å². The van der Waals surface area contributed by atoms with Crippen molar-refractivity contribution in [3.05, 3.63) is 29.8 Å². The average molecular weight is 248 g/mol. The third-order valence-electron chi connectivity index (χ3n) is 3.27. The van der Waals surface area contributed by atoms with E-state index in [-0.39, 0.29) is 24.0 Å². The van der Waals surface area contributed by atoms with Gasteiger partial charge >= 0.3 is 0 Å². The van der Waals surface area contributed by atoms with E-state index >= 15 is 0 Å². The van der Waals surface area contributed by atoms with Gasteiger partial charge in [-0.1, -0.05) is 12.1 Å². The number of anilines is 1. The van der Waals surface area contributed by atoms with Gasteiger partial charge in [-0.3, -0.25) is 4.79 Å². The first-order valence-corrected chi connectivity index (χ1v) is 6.34. The molecule has 18 heavy (non-hydrogen) atoms. The van der Waals surface area contributed by atoms with Crippen LogP contribution in [0.5, 0.6) is 0 Å². The van der Waals surface area contributed by atoms with Crippen LogP contribution in [0.2, 0.25) is 0 Å². The van der Waals surface area contributed by atoms with Crippen molar-refractivity contribution in [2.75, 3.05) is 11.9 Å². The van der Waals surface area contributed by atoms with Crippen LogP contribution in [0, 0.1) is 5.92 Å². The van der Waals surface area contributed by atoms with Crippen molar-refractivity contribution >= 4 is 11.6 Å². The molecule has 0 bridgehead atoms. The molecular weight excluding hydrogens is 228 g/mol. The van der Waals surface area contributed by atoms with E-state index in [4.69, 9.17) is 10.5 Å². The third-order valence-corrected chi connectivity index (χ3v) is 3.27. The molecule has 4 nitrogen and oxygen atoms in total. The summed E-state index contributed by atoms with van der Waals surface area (Å²) in [6.45, 7) is 4.44. The lowest BCUT2D eigenvalue weighted by atomic mass is 10.1. The van der Waals surface area contributed by atoms with E-state index in [1.165, 1.54) is 0 Å². The van der Waals surface area contributed by atoms with Crippen LogP contribution < -0.4 is 11.1 Å². The highest BCUT2D eigenvalue weighted by molar-refractivity contribution is 5.92. The molecule has 3 N–H and O–H groups in total. The maximum Gasteiger partial charge on any atom is 0.229 e. The van der Waals surface area contributed by atoms with Crippen molar-refractivity contribution < 1.29 is 9.53 Å². The fourth-order valence-electron chi connectivity index (χ4n) is 2.11. The minimum absolute atomic E-state index is 0.0128. The predicted octanol–water partition coefficient (Wildman–Crippen LogP) is 2.07. The van der Waals surface area contributed by atoms with Crippen molar-refractivity contribution in [2.24, 2.45) is 11.7 Å². The van der Waals surface area contributed by atoms with Crippen LogP contribution >= 0.6 is 0 Å². The summed E-state index contributed by atoms with van der Waals surface area (Å²) in [6.07, 6.45) is 0.977. The van der Waals surface area contributed by atoms with Crippen LogP contribution in [0.3, 0.4) is 0 Å². The SMILES string of the molecule is CC1CC(C(=O)Nc2ccc(C(C)N)cc2)CO1. The maximum absolute atomic E-state index is 12.0. The Kier molecular flexibility index (Phi) is 3.99. The van der Waals surface area contributed by atoms with Crippen LogP contribution in [0.1, 0.15) is 31.9 Å². The summed E-state index contributed by atoms with van der Waals surface area (Å²) >= 11 is 0. The van der Waals surface area contributed by atoms with Crippen LogP contribution in [0.15, 0.2) is 24.3 Å². The lowest BCUT2D eigenvalue weighted by Gasteiger charge is -2.11. The molecule has 2 rings (SSSR count). The van der Waals surface area contributed by atoms with Gasteiger partial charge in [0.25, 0.3) is 0 Å². The molecule has 1 saturated heterocycles. The number of hydrogen-bond donors (Lipinski definition) is 2. The Morgan fingerprint density at radius 2 is 2.11 bits per heavy atom. The lowest BCUT2D eigenvalue weighted by molar-refractivity contribution is -0.119. The smallest absolute Gasteiger partial charge is 0.229 e. The van der Waals surface area contributed by atoms with E-state index in [1.54, 1.807) is 0 Å². The zero-order valence-electron chi connectivity index (χ0n) is 10.8. The molecular formula is C14H20N2O2. The summed E-state index contributed by atoms with van der Waals surface area (Å²) in [5.41, 5.74) is 7.65. The van der Waals surface area contributed by atoms with Crippen molar-refractivity contribution in [3.63, 3.8) is 0 Å². The van der Waals surface area contributed by atoms with Crippen molar-refractivity contribution in [1.82, 2.24) is 0 Å². The van der Waals surface area contributed by atoms with Gasteiger partial charge in [0.05, 0.1) is 18.6 Å². The fraction of sp³-hybridized carbons (Fsp3) is 0.500. The summed E-state index contributed by atoms with van der Waals surface area (Å²) in [6, 6.07) is 7.66. The van der Waals surface area contributed by atoms with Crippen LogP contribution in [-0.4, -0.2) is 18.6 Å². The minimum Gasteiger partial charge on any atom is -0.378 e. The van der Waals surface area contributed by atoms with Gasteiger partial charge in [0.1, 0.15) is 0 Å². The van der Waals surface area contributed by atoms with E-state index in [2.05, 4.69) is 5.32 Å². The summed E-state index contributed by atoms with van der Waals surface area (Å²) < 4.78 is 5.40. The monoisotopic (exact) mass is 248 g/mol. The Hall–Kier alpha value is -1.39. The summed E-state index contributed by atoms with van der Waals surface area (Å²) in [5.74, 6) is 0.000931. The first-order valence-electron chi connectivity index (χ1n) is 6.34. The zero-order valence-corrected chi connectivity index (χ0v) is 10.8. The standard InChI is InChI=1S/C14H20N2O2/c1-9-7-12(8-18-9)14(17)16-13-5-3-11(4-6-13)10(2)15/h3-6,9-10,12H,7-8,15H2,1-2H3,(H,16,17). The molecule has 1 aromatic rings. The van der Waals surface area contributed by atoms with Crippen molar-refractivity contribution in [2.45, 2.75) is 32.4 Å². The second-order valence-electron chi connectivity index (χ2n) is 4.98. The molecule has 3 unspecified atom stereocenters. The molecule has 0 spiro atoms. The Morgan fingerprint density at radius 1 is 1.44 bits per heavy atom. The number of carbonyl (C=O) groups is 1. The molecule has 98 valence electrons. The number of ether oxygens (including phenoxy) is 1. The molecule has 0 aromatic heterocycles. The number of nitrogens with one attached hydrogen (secondary N) is 1. The van der Waals surface area contributed by atoms with E-state index in [9.17, 15) is 4.79 Å². The van der Waals surface area contributed by atoms with Crippen molar-refractivity contribution in [3.8, 4) is 0 Å². The molecule has 1 amide bonds. The third kappa shape index (κ3) is 3.09.